The second kappa shape index (κ2) is 3.18. The molecule has 0 aliphatic heterocycles. The quantitative estimate of drug-likeness (QED) is 0.444. The number of halogens is 1. The van der Waals surface area contributed by atoms with E-state index in [1.54, 1.807) is 0 Å². The smallest absolute Gasteiger partial charge is 0.340 e. The van der Waals surface area contributed by atoms with Gasteiger partial charge < -0.3 is 4.74 Å². The van der Waals surface area contributed by atoms with Gasteiger partial charge in [0.05, 0.1) is 7.11 Å². The van der Waals surface area contributed by atoms with Gasteiger partial charge >= 0.3 is 5.97 Å². The molecule has 0 saturated heterocycles. The van der Waals surface area contributed by atoms with Crippen molar-refractivity contribution in [3.8, 4) is 0 Å². The van der Waals surface area contributed by atoms with Crippen LogP contribution in [0.25, 0.3) is 0 Å². The highest BCUT2D eigenvalue weighted by molar-refractivity contribution is 7.91. The SMILES string of the molecule is COC(=O)C(Cl)S(N)(=O)=O. The monoisotopic (exact) mass is 187 g/mol. The molecule has 0 fully saturated rings. The molecule has 2 N–H and O–H groups in total. The van der Waals surface area contributed by atoms with E-state index in [0.717, 1.165) is 7.11 Å². The molecule has 0 aromatic heterocycles. The van der Waals surface area contributed by atoms with E-state index >= 15 is 0 Å². The molecule has 0 rings (SSSR count). The molecule has 60 valence electrons. The Kier molecular flexibility index (Phi) is 3.07. The summed E-state index contributed by atoms with van der Waals surface area (Å²) in [4.78, 5) is 10.3. The summed E-state index contributed by atoms with van der Waals surface area (Å²) in [7, 11) is -3.01. The van der Waals surface area contributed by atoms with Gasteiger partial charge in [-0.3, -0.25) is 0 Å². The number of sulfonamides is 1. The van der Waals surface area contributed by atoms with Crippen LogP contribution in [0.1, 0.15) is 0 Å². The van der Waals surface area contributed by atoms with Crippen molar-refractivity contribution in [3.05, 3.63) is 0 Å². The summed E-state index contributed by atoms with van der Waals surface area (Å²) in [5.74, 6) is -1.08. The summed E-state index contributed by atoms with van der Waals surface area (Å²) in [5.41, 5.74) is 0. The fourth-order valence-corrected chi connectivity index (χ4v) is 0.680. The first-order chi connectivity index (χ1) is 4.39. The molecule has 0 saturated carbocycles. The summed E-state index contributed by atoms with van der Waals surface area (Å²) in [6.07, 6.45) is 0. The minimum atomic E-state index is -4.02. The van der Waals surface area contributed by atoms with Crippen LogP contribution in [0.5, 0.6) is 0 Å². The van der Waals surface area contributed by atoms with Gasteiger partial charge in [0.2, 0.25) is 14.7 Å². The predicted octanol–water partition coefficient (Wildman–Crippen LogP) is -0.987. The second-order valence-corrected chi connectivity index (χ2v) is 3.77. The molecular weight excluding hydrogens is 182 g/mol. The Labute approximate surface area is 63.1 Å². The lowest BCUT2D eigenvalue weighted by molar-refractivity contribution is -0.138. The van der Waals surface area contributed by atoms with Crippen LogP contribution in [0.4, 0.5) is 0 Å². The molecule has 0 spiro atoms. The third-order valence-corrected chi connectivity index (χ3v) is 2.37. The summed E-state index contributed by atoms with van der Waals surface area (Å²) >= 11 is 5.02. The van der Waals surface area contributed by atoms with E-state index in [-0.39, 0.29) is 0 Å². The number of carbonyl (C=O) groups is 1. The Morgan fingerprint density at radius 3 is 2.20 bits per heavy atom. The molecule has 0 aliphatic carbocycles. The average molecular weight is 188 g/mol. The lowest BCUT2D eigenvalue weighted by Crippen LogP contribution is -2.31. The highest BCUT2D eigenvalue weighted by atomic mass is 35.5. The van der Waals surface area contributed by atoms with Crippen molar-refractivity contribution in [2.75, 3.05) is 7.11 Å². The zero-order chi connectivity index (χ0) is 8.36. The zero-order valence-electron chi connectivity index (χ0n) is 5.07. The number of hydrogen-bond acceptors (Lipinski definition) is 4. The Hall–Kier alpha value is -0.330. The van der Waals surface area contributed by atoms with Crippen molar-refractivity contribution in [1.82, 2.24) is 0 Å². The number of alkyl halides is 1. The largest absolute Gasteiger partial charge is 0.467 e. The van der Waals surface area contributed by atoms with Gasteiger partial charge in [0.1, 0.15) is 0 Å². The minimum absolute atomic E-state index is 1.02. The first-order valence-electron chi connectivity index (χ1n) is 2.13. The Morgan fingerprint density at radius 2 is 2.10 bits per heavy atom. The molecule has 10 heavy (non-hydrogen) atoms. The van der Waals surface area contributed by atoms with Crippen LogP contribution in [0.3, 0.4) is 0 Å². The number of nitrogens with two attached hydrogens (primary N) is 1. The number of primary sulfonamides is 1. The van der Waals surface area contributed by atoms with Gasteiger partial charge in [-0.25, -0.2) is 18.4 Å². The summed E-state index contributed by atoms with van der Waals surface area (Å²) in [6, 6.07) is 0. The number of esters is 1. The van der Waals surface area contributed by atoms with Gasteiger partial charge in [0, 0.05) is 0 Å². The van der Waals surface area contributed by atoms with Gasteiger partial charge in [0.25, 0.3) is 0 Å². The normalized spacial score (nSPS) is 14.3. The van der Waals surface area contributed by atoms with Crippen LogP contribution in [0.2, 0.25) is 0 Å². The lowest BCUT2D eigenvalue weighted by Gasteiger charge is -2.02. The summed E-state index contributed by atoms with van der Waals surface area (Å²) in [5, 5.41) is 4.49. The van der Waals surface area contributed by atoms with Crippen LogP contribution < -0.4 is 5.14 Å². The number of ether oxygens (including phenoxy) is 1. The Morgan fingerprint density at radius 1 is 1.70 bits per heavy atom. The van der Waals surface area contributed by atoms with Crippen molar-refractivity contribution in [1.29, 1.82) is 0 Å². The molecule has 5 nitrogen and oxygen atoms in total. The van der Waals surface area contributed by atoms with E-state index in [9.17, 15) is 13.2 Å². The predicted molar refractivity (Wildman–Crippen MR) is 34.8 cm³/mol. The number of carbonyl (C=O) groups excluding carboxylic acids is 1. The third-order valence-electron chi connectivity index (χ3n) is 0.675. The van der Waals surface area contributed by atoms with E-state index in [2.05, 4.69) is 9.88 Å². The maximum Gasteiger partial charge on any atom is 0.340 e. The zero-order valence-corrected chi connectivity index (χ0v) is 6.65. The molecule has 0 amide bonds. The maximum atomic E-state index is 10.3. The summed E-state index contributed by atoms with van der Waals surface area (Å²) < 4.78 is 22.8. The van der Waals surface area contributed by atoms with Crippen LogP contribution in [-0.4, -0.2) is 26.2 Å². The molecule has 0 bridgehead atoms. The van der Waals surface area contributed by atoms with E-state index in [4.69, 9.17) is 11.6 Å². The maximum absolute atomic E-state index is 10.3. The molecule has 0 aliphatic rings. The number of rotatable bonds is 2. The van der Waals surface area contributed by atoms with E-state index < -0.39 is 20.7 Å². The molecule has 0 radical (unpaired) electrons. The number of hydrogen-bond donors (Lipinski definition) is 1. The van der Waals surface area contributed by atoms with Gasteiger partial charge in [-0.1, -0.05) is 11.6 Å². The Balaban J connectivity index is 4.39. The average Bonchev–Trinajstić information content (AvgIpc) is 1.83. The standard InChI is InChI=1S/C3H6ClNO4S/c1-9-3(6)2(4)10(5,7)8/h2H,1H3,(H2,5,7,8). The van der Waals surface area contributed by atoms with Crippen molar-refractivity contribution < 1.29 is 17.9 Å². The van der Waals surface area contributed by atoms with Crippen LogP contribution in [0.15, 0.2) is 0 Å². The van der Waals surface area contributed by atoms with E-state index in [1.165, 1.54) is 0 Å². The van der Waals surface area contributed by atoms with Crippen molar-refractivity contribution >= 4 is 27.6 Å². The molecule has 0 aromatic carbocycles. The molecule has 1 unspecified atom stereocenters. The molecule has 7 heteroatoms. The van der Waals surface area contributed by atoms with Crippen molar-refractivity contribution in [2.45, 2.75) is 4.71 Å². The fraction of sp³-hybridized carbons (Fsp3) is 0.667. The topological polar surface area (TPSA) is 86.5 Å². The van der Waals surface area contributed by atoms with Crippen LogP contribution >= 0.6 is 11.6 Å². The summed E-state index contributed by atoms with van der Waals surface area (Å²) in [6.45, 7) is 0. The minimum Gasteiger partial charge on any atom is -0.467 e. The second-order valence-electron chi connectivity index (χ2n) is 1.43. The highest BCUT2D eigenvalue weighted by Crippen LogP contribution is 2.02. The first kappa shape index (κ1) is 9.67. The van der Waals surface area contributed by atoms with E-state index in [0.29, 0.717) is 0 Å². The van der Waals surface area contributed by atoms with Crippen LogP contribution in [0, 0.1) is 0 Å². The molecule has 1 atom stereocenters. The lowest BCUT2D eigenvalue weighted by atomic mass is 10.8. The van der Waals surface area contributed by atoms with Gasteiger partial charge in [-0.2, -0.15) is 0 Å². The molecular formula is C3H6ClNO4S. The first-order valence-corrected chi connectivity index (χ1v) is 4.17. The van der Waals surface area contributed by atoms with Crippen LogP contribution in [-0.2, 0) is 19.6 Å². The third kappa shape index (κ3) is 2.51. The molecule has 0 aromatic rings. The number of methoxy groups -OCH3 is 1. The van der Waals surface area contributed by atoms with Crippen molar-refractivity contribution in [3.63, 3.8) is 0 Å². The fourth-order valence-electron chi connectivity index (χ4n) is 0.227. The molecule has 0 heterocycles. The van der Waals surface area contributed by atoms with Crippen molar-refractivity contribution in [2.24, 2.45) is 5.14 Å². The highest BCUT2D eigenvalue weighted by Gasteiger charge is 2.27. The van der Waals surface area contributed by atoms with E-state index in [1.807, 2.05) is 0 Å². The van der Waals surface area contributed by atoms with Gasteiger partial charge in [-0.15, -0.1) is 0 Å². The van der Waals surface area contributed by atoms with Gasteiger partial charge in [-0.05, 0) is 0 Å². The van der Waals surface area contributed by atoms with Gasteiger partial charge in [0.15, 0.2) is 0 Å². The Bertz CT molecular complexity index is 223.